The molecule has 0 atom stereocenters. The SMILES string of the molecule is CCOC(=O)c1ccc(NC(=O)CCC(=O)OCC(=O)Nc2ccc(Br)c(C)c2)cc1. The molecular formula is C22H23BrN2O6. The molecule has 2 aromatic carbocycles. The summed E-state index contributed by atoms with van der Waals surface area (Å²) in [6.07, 6.45) is -0.274. The number of halogens is 1. The fourth-order valence-electron chi connectivity index (χ4n) is 2.48. The summed E-state index contributed by atoms with van der Waals surface area (Å²) in [5.74, 6) is -1.96. The first-order chi connectivity index (χ1) is 14.8. The molecule has 31 heavy (non-hydrogen) atoms. The monoisotopic (exact) mass is 490 g/mol. The third kappa shape index (κ3) is 8.21. The number of nitrogens with one attached hydrogen (secondary N) is 2. The fourth-order valence-corrected chi connectivity index (χ4v) is 2.73. The van der Waals surface area contributed by atoms with E-state index in [1.165, 1.54) is 12.1 Å². The molecule has 0 aliphatic heterocycles. The van der Waals surface area contributed by atoms with Crippen molar-refractivity contribution in [1.82, 2.24) is 0 Å². The molecule has 2 N–H and O–H groups in total. The van der Waals surface area contributed by atoms with Gasteiger partial charge in [-0.2, -0.15) is 0 Å². The first-order valence-corrected chi connectivity index (χ1v) is 10.4. The van der Waals surface area contributed by atoms with E-state index in [-0.39, 0.29) is 19.4 Å². The minimum atomic E-state index is -0.657. The zero-order chi connectivity index (χ0) is 22.8. The number of hydrogen-bond acceptors (Lipinski definition) is 6. The van der Waals surface area contributed by atoms with Crippen molar-refractivity contribution in [2.75, 3.05) is 23.8 Å². The van der Waals surface area contributed by atoms with Crippen LogP contribution in [0.3, 0.4) is 0 Å². The predicted octanol–water partition coefficient (Wildman–Crippen LogP) is 3.83. The lowest BCUT2D eigenvalue weighted by atomic mass is 10.2. The third-order valence-electron chi connectivity index (χ3n) is 4.04. The van der Waals surface area contributed by atoms with Crippen molar-refractivity contribution in [3.8, 4) is 0 Å². The van der Waals surface area contributed by atoms with Crippen molar-refractivity contribution in [2.45, 2.75) is 26.7 Å². The number of amides is 2. The van der Waals surface area contributed by atoms with Gasteiger partial charge in [0.2, 0.25) is 5.91 Å². The highest BCUT2D eigenvalue weighted by atomic mass is 79.9. The van der Waals surface area contributed by atoms with Gasteiger partial charge in [-0.05, 0) is 61.9 Å². The van der Waals surface area contributed by atoms with Gasteiger partial charge in [-0.3, -0.25) is 14.4 Å². The summed E-state index contributed by atoms with van der Waals surface area (Å²) in [6.45, 7) is 3.44. The van der Waals surface area contributed by atoms with Crippen molar-refractivity contribution < 1.29 is 28.7 Å². The van der Waals surface area contributed by atoms with Crippen LogP contribution in [0.1, 0.15) is 35.7 Å². The highest BCUT2D eigenvalue weighted by Crippen LogP contribution is 2.20. The normalized spacial score (nSPS) is 10.2. The Morgan fingerprint density at radius 1 is 0.871 bits per heavy atom. The van der Waals surface area contributed by atoms with Crippen molar-refractivity contribution in [2.24, 2.45) is 0 Å². The van der Waals surface area contributed by atoms with Gasteiger partial charge in [0.05, 0.1) is 18.6 Å². The summed E-state index contributed by atoms with van der Waals surface area (Å²) < 4.78 is 10.7. The second kappa shape index (κ2) is 11.8. The Morgan fingerprint density at radius 3 is 2.16 bits per heavy atom. The number of rotatable bonds is 9. The van der Waals surface area contributed by atoms with Gasteiger partial charge in [0.15, 0.2) is 6.61 Å². The van der Waals surface area contributed by atoms with Crippen LogP contribution in [0.25, 0.3) is 0 Å². The maximum Gasteiger partial charge on any atom is 0.338 e. The number of carbonyl (C=O) groups excluding carboxylic acids is 4. The zero-order valence-electron chi connectivity index (χ0n) is 17.2. The first kappa shape index (κ1) is 24.1. The van der Waals surface area contributed by atoms with Gasteiger partial charge in [-0.25, -0.2) is 4.79 Å². The van der Waals surface area contributed by atoms with Crippen molar-refractivity contribution in [1.29, 1.82) is 0 Å². The smallest absolute Gasteiger partial charge is 0.338 e. The van der Waals surface area contributed by atoms with Crippen molar-refractivity contribution in [3.05, 3.63) is 58.1 Å². The van der Waals surface area contributed by atoms with Crippen LogP contribution in [0, 0.1) is 6.92 Å². The number of hydrogen-bond donors (Lipinski definition) is 2. The molecule has 9 heteroatoms. The van der Waals surface area contributed by atoms with Gasteiger partial charge in [-0.1, -0.05) is 15.9 Å². The number of ether oxygens (including phenoxy) is 2. The number of anilines is 2. The van der Waals surface area contributed by atoms with E-state index in [4.69, 9.17) is 9.47 Å². The lowest BCUT2D eigenvalue weighted by molar-refractivity contribution is -0.147. The second-order valence-electron chi connectivity index (χ2n) is 6.52. The van der Waals surface area contributed by atoms with Crippen LogP contribution in [0.5, 0.6) is 0 Å². The molecule has 0 spiro atoms. The lowest BCUT2D eigenvalue weighted by Gasteiger charge is -2.08. The van der Waals surface area contributed by atoms with E-state index in [0.717, 1.165) is 10.0 Å². The van der Waals surface area contributed by atoms with E-state index in [0.29, 0.717) is 16.9 Å². The fraction of sp³-hybridized carbons (Fsp3) is 0.273. The summed E-state index contributed by atoms with van der Waals surface area (Å²) >= 11 is 3.38. The quantitative estimate of drug-likeness (QED) is 0.516. The number of esters is 2. The van der Waals surface area contributed by atoms with Gasteiger partial charge in [0.25, 0.3) is 5.91 Å². The average molecular weight is 491 g/mol. The average Bonchev–Trinajstić information content (AvgIpc) is 2.74. The molecule has 164 valence electrons. The van der Waals surface area contributed by atoms with E-state index >= 15 is 0 Å². The topological polar surface area (TPSA) is 111 Å². The Labute approximate surface area is 188 Å². The molecule has 0 unspecified atom stereocenters. The highest BCUT2D eigenvalue weighted by molar-refractivity contribution is 9.10. The minimum absolute atomic E-state index is 0.105. The van der Waals surface area contributed by atoms with Crippen molar-refractivity contribution in [3.63, 3.8) is 0 Å². The molecule has 0 heterocycles. The van der Waals surface area contributed by atoms with Gasteiger partial charge in [-0.15, -0.1) is 0 Å². The van der Waals surface area contributed by atoms with Gasteiger partial charge < -0.3 is 20.1 Å². The van der Waals surface area contributed by atoms with Crippen LogP contribution in [0.15, 0.2) is 46.9 Å². The van der Waals surface area contributed by atoms with Crippen LogP contribution < -0.4 is 10.6 Å². The molecule has 2 aromatic rings. The van der Waals surface area contributed by atoms with Crippen LogP contribution >= 0.6 is 15.9 Å². The molecule has 2 rings (SSSR count). The summed E-state index contributed by atoms with van der Waals surface area (Å²) in [4.78, 5) is 47.3. The van der Waals surface area contributed by atoms with Gasteiger partial charge in [0, 0.05) is 22.3 Å². The van der Waals surface area contributed by atoms with E-state index in [2.05, 4.69) is 26.6 Å². The Bertz CT molecular complexity index is 959. The zero-order valence-corrected chi connectivity index (χ0v) is 18.8. The molecule has 0 aliphatic rings. The van der Waals surface area contributed by atoms with Gasteiger partial charge in [0.1, 0.15) is 0 Å². The Kier molecular flexibility index (Phi) is 9.20. The maximum atomic E-state index is 12.0. The van der Waals surface area contributed by atoms with Crippen LogP contribution in [-0.2, 0) is 23.9 Å². The standard InChI is InChI=1S/C22H23BrN2O6/c1-3-30-22(29)15-4-6-16(7-5-15)24-19(26)10-11-21(28)31-13-20(27)25-17-8-9-18(23)14(2)12-17/h4-9,12H,3,10-11,13H2,1-2H3,(H,24,26)(H,25,27). The summed E-state index contributed by atoms with van der Waals surface area (Å²) in [7, 11) is 0. The molecule has 0 fully saturated rings. The van der Waals surface area contributed by atoms with E-state index in [1.807, 2.05) is 6.92 Å². The molecule has 0 aliphatic carbocycles. The summed E-state index contributed by atoms with van der Waals surface area (Å²) in [5, 5.41) is 5.25. The maximum absolute atomic E-state index is 12.0. The predicted molar refractivity (Wildman–Crippen MR) is 119 cm³/mol. The summed E-state index contributed by atoms with van der Waals surface area (Å²) in [5.41, 5.74) is 2.40. The molecule has 2 amide bonds. The molecule has 0 radical (unpaired) electrons. The number of carbonyl (C=O) groups is 4. The number of aryl methyl sites for hydroxylation is 1. The lowest BCUT2D eigenvalue weighted by Crippen LogP contribution is -2.21. The Morgan fingerprint density at radius 2 is 1.52 bits per heavy atom. The molecule has 8 nitrogen and oxygen atoms in total. The second-order valence-corrected chi connectivity index (χ2v) is 7.37. The molecular weight excluding hydrogens is 468 g/mol. The first-order valence-electron chi connectivity index (χ1n) is 9.57. The van der Waals surface area contributed by atoms with Crippen LogP contribution in [0.2, 0.25) is 0 Å². The minimum Gasteiger partial charge on any atom is -0.462 e. The molecule has 0 aromatic heterocycles. The number of benzene rings is 2. The highest BCUT2D eigenvalue weighted by Gasteiger charge is 2.12. The Balaban J connectivity index is 1.70. The molecule has 0 bridgehead atoms. The van der Waals surface area contributed by atoms with E-state index in [9.17, 15) is 19.2 Å². The molecule has 0 saturated heterocycles. The molecule has 0 saturated carbocycles. The van der Waals surface area contributed by atoms with E-state index < -0.39 is 30.4 Å². The van der Waals surface area contributed by atoms with Gasteiger partial charge >= 0.3 is 11.9 Å². The van der Waals surface area contributed by atoms with E-state index in [1.54, 1.807) is 37.3 Å². The Hall–Kier alpha value is -3.20. The third-order valence-corrected chi connectivity index (χ3v) is 4.93. The largest absolute Gasteiger partial charge is 0.462 e. The van der Waals surface area contributed by atoms with Crippen molar-refractivity contribution >= 4 is 51.1 Å². The van der Waals surface area contributed by atoms with Crippen LogP contribution in [0.4, 0.5) is 11.4 Å². The summed E-state index contributed by atoms with van der Waals surface area (Å²) in [6, 6.07) is 11.5. The van der Waals surface area contributed by atoms with Crippen LogP contribution in [-0.4, -0.2) is 37.0 Å².